The summed E-state index contributed by atoms with van der Waals surface area (Å²) in [6, 6.07) is 0. The molecule has 0 heterocycles. The maximum atomic E-state index is 11.1. The van der Waals surface area contributed by atoms with E-state index in [1.807, 2.05) is 0 Å². The standard InChI is InChI=1S/C21H43NO2/c1-20(2)16-14-12-10-8-6-4-3-5-7-9-11-13-15-19-24-21(23)17-18-22/h20H,3-19,22H2,1-2H3. The van der Waals surface area contributed by atoms with Crippen LogP contribution in [-0.2, 0) is 9.53 Å². The van der Waals surface area contributed by atoms with E-state index in [2.05, 4.69) is 13.8 Å². The van der Waals surface area contributed by atoms with Crippen molar-refractivity contribution < 1.29 is 9.53 Å². The van der Waals surface area contributed by atoms with E-state index in [9.17, 15) is 4.79 Å². The van der Waals surface area contributed by atoms with E-state index in [-0.39, 0.29) is 5.97 Å². The molecule has 3 heteroatoms. The average molecular weight is 342 g/mol. The van der Waals surface area contributed by atoms with E-state index >= 15 is 0 Å². The lowest BCUT2D eigenvalue weighted by Crippen LogP contribution is -2.11. The summed E-state index contributed by atoms with van der Waals surface area (Å²) in [5.74, 6) is 0.716. The molecule has 0 saturated heterocycles. The molecule has 0 aliphatic heterocycles. The van der Waals surface area contributed by atoms with Gasteiger partial charge in [0.2, 0.25) is 0 Å². The highest BCUT2D eigenvalue weighted by Gasteiger charge is 2.00. The number of carbonyl (C=O) groups excluding carboxylic acids is 1. The van der Waals surface area contributed by atoms with Crippen molar-refractivity contribution in [1.82, 2.24) is 0 Å². The fraction of sp³-hybridized carbons (Fsp3) is 0.952. The van der Waals surface area contributed by atoms with Crippen LogP contribution in [0.1, 0.15) is 110 Å². The van der Waals surface area contributed by atoms with Gasteiger partial charge >= 0.3 is 5.97 Å². The zero-order valence-corrected chi connectivity index (χ0v) is 16.5. The number of hydrogen-bond donors (Lipinski definition) is 1. The van der Waals surface area contributed by atoms with E-state index in [4.69, 9.17) is 10.5 Å². The Kier molecular flexibility index (Phi) is 18.3. The van der Waals surface area contributed by atoms with Crippen molar-refractivity contribution in [2.75, 3.05) is 13.2 Å². The van der Waals surface area contributed by atoms with Crippen molar-refractivity contribution >= 4 is 5.97 Å². The molecule has 0 aromatic heterocycles. The quantitative estimate of drug-likeness (QED) is 0.246. The summed E-state index contributed by atoms with van der Waals surface area (Å²) in [6.45, 7) is 5.59. The molecule has 0 radical (unpaired) electrons. The summed E-state index contributed by atoms with van der Waals surface area (Å²) >= 11 is 0. The third kappa shape index (κ3) is 19.5. The molecule has 0 aliphatic carbocycles. The molecule has 144 valence electrons. The normalized spacial score (nSPS) is 11.2. The molecule has 3 nitrogen and oxygen atoms in total. The number of ether oxygens (including phenoxy) is 1. The molecule has 0 aromatic rings. The number of esters is 1. The molecule has 0 saturated carbocycles. The predicted molar refractivity (Wildman–Crippen MR) is 104 cm³/mol. The monoisotopic (exact) mass is 341 g/mol. The predicted octanol–water partition coefficient (Wildman–Crippen LogP) is 6.00. The van der Waals surface area contributed by atoms with Crippen LogP contribution in [0.4, 0.5) is 0 Å². The fourth-order valence-electron chi connectivity index (χ4n) is 2.98. The van der Waals surface area contributed by atoms with E-state index in [1.165, 1.54) is 83.5 Å². The summed E-state index contributed by atoms with van der Waals surface area (Å²) in [5, 5.41) is 0. The molecular weight excluding hydrogens is 298 g/mol. The number of carbonyl (C=O) groups is 1. The van der Waals surface area contributed by atoms with Crippen molar-refractivity contribution in [3.05, 3.63) is 0 Å². The van der Waals surface area contributed by atoms with Crippen LogP contribution in [0.2, 0.25) is 0 Å². The summed E-state index contributed by atoms with van der Waals surface area (Å²) in [4.78, 5) is 11.1. The van der Waals surface area contributed by atoms with Crippen LogP contribution in [0.25, 0.3) is 0 Å². The topological polar surface area (TPSA) is 52.3 Å². The highest BCUT2D eigenvalue weighted by atomic mass is 16.5. The summed E-state index contributed by atoms with van der Waals surface area (Å²) < 4.78 is 5.08. The first-order valence-electron chi connectivity index (χ1n) is 10.5. The van der Waals surface area contributed by atoms with Crippen molar-refractivity contribution in [1.29, 1.82) is 0 Å². The summed E-state index contributed by atoms with van der Waals surface area (Å²) in [6.07, 6.45) is 19.2. The molecule has 0 bridgehead atoms. The SMILES string of the molecule is CC(C)CCCCCCCCCCCCCCCOC(=O)CCN. The van der Waals surface area contributed by atoms with Gasteiger partial charge in [0.1, 0.15) is 0 Å². The minimum absolute atomic E-state index is 0.155. The van der Waals surface area contributed by atoms with Crippen LogP contribution in [-0.4, -0.2) is 19.1 Å². The van der Waals surface area contributed by atoms with Crippen molar-refractivity contribution in [3.8, 4) is 0 Å². The van der Waals surface area contributed by atoms with Crippen molar-refractivity contribution in [2.24, 2.45) is 11.7 Å². The number of nitrogens with two attached hydrogens (primary N) is 1. The maximum Gasteiger partial charge on any atom is 0.307 e. The average Bonchev–Trinajstić information content (AvgIpc) is 2.54. The van der Waals surface area contributed by atoms with Gasteiger partial charge in [0.25, 0.3) is 0 Å². The lowest BCUT2D eigenvalue weighted by atomic mass is 10.0. The van der Waals surface area contributed by atoms with Crippen molar-refractivity contribution in [2.45, 2.75) is 110 Å². The first kappa shape index (κ1) is 23.4. The molecule has 24 heavy (non-hydrogen) atoms. The minimum Gasteiger partial charge on any atom is -0.466 e. The van der Waals surface area contributed by atoms with Gasteiger partial charge in [0.05, 0.1) is 13.0 Å². The van der Waals surface area contributed by atoms with Crippen LogP contribution in [0, 0.1) is 5.92 Å². The second kappa shape index (κ2) is 18.8. The van der Waals surface area contributed by atoms with Gasteiger partial charge in [-0.05, 0) is 12.3 Å². The third-order valence-corrected chi connectivity index (χ3v) is 4.54. The molecule has 0 unspecified atom stereocenters. The second-order valence-electron chi connectivity index (χ2n) is 7.54. The first-order valence-corrected chi connectivity index (χ1v) is 10.5. The van der Waals surface area contributed by atoms with Gasteiger partial charge < -0.3 is 10.5 Å². The summed E-state index contributed by atoms with van der Waals surface area (Å²) in [5.41, 5.74) is 5.29. The smallest absolute Gasteiger partial charge is 0.307 e. The van der Waals surface area contributed by atoms with Crippen LogP contribution >= 0.6 is 0 Å². The molecule has 0 amide bonds. The minimum atomic E-state index is -0.155. The van der Waals surface area contributed by atoms with Crippen LogP contribution in [0.5, 0.6) is 0 Å². The van der Waals surface area contributed by atoms with E-state index in [1.54, 1.807) is 0 Å². The largest absolute Gasteiger partial charge is 0.466 e. The highest BCUT2D eigenvalue weighted by Crippen LogP contribution is 2.14. The van der Waals surface area contributed by atoms with Gasteiger partial charge in [-0.15, -0.1) is 0 Å². The Morgan fingerprint density at radius 2 is 1.17 bits per heavy atom. The Labute approximate surface area is 151 Å². The Morgan fingerprint density at radius 1 is 0.750 bits per heavy atom. The molecule has 0 fully saturated rings. The zero-order chi connectivity index (χ0) is 17.9. The van der Waals surface area contributed by atoms with Gasteiger partial charge in [-0.1, -0.05) is 97.3 Å². The molecule has 0 aromatic carbocycles. The molecule has 0 aliphatic rings. The highest BCUT2D eigenvalue weighted by molar-refractivity contribution is 5.69. The van der Waals surface area contributed by atoms with Gasteiger partial charge in [-0.3, -0.25) is 4.79 Å². The van der Waals surface area contributed by atoms with Crippen LogP contribution in [0.15, 0.2) is 0 Å². The lowest BCUT2D eigenvalue weighted by molar-refractivity contribution is -0.143. The van der Waals surface area contributed by atoms with E-state index in [0.29, 0.717) is 19.6 Å². The number of rotatable bonds is 18. The van der Waals surface area contributed by atoms with Gasteiger partial charge in [0, 0.05) is 6.54 Å². The van der Waals surface area contributed by atoms with Gasteiger partial charge in [0.15, 0.2) is 0 Å². The molecule has 0 spiro atoms. The molecular formula is C21H43NO2. The molecule has 0 atom stereocenters. The second-order valence-corrected chi connectivity index (χ2v) is 7.54. The Bertz CT molecular complexity index is 267. The van der Waals surface area contributed by atoms with E-state index in [0.717, 1.165) is 12.3 Å². The van der Waals surface area contributed by atoms with Crippen LogP contribution < -0.4 is 5.73 Å². The first-order chi connectivity index (χ1) is 11.7. The van der Waals surface area contributed by atoms with Crippen LogP contribution in [0.3, 0.4) is 0 Å². The van der Waals surface area contributed by atoms with E-state index < -0.39 is 0 Å². The molecule has 0 rings (SSSR count). The Morgan fingerprint density at radius 3 is 1.58 bits per heavy atom. The van der Waals surface area contributed by atoms with Gasteiger partial charge in [-0.25, -0.2) is 0 Å². The Balaban J connectivity index is 3.04. The maximum absolute atomic E-state index is 11.1. The number of unbranched alkanes of at least 4 members (excludes halogenated alkanes) is 12. The Hall–Kier alpha value is -0.570. The lowest BCUT2D eigenvalue weighted by Gasteiger charge is -2.05. The van der Waals surface area contributed by atoms with Crippen molar-refractivity contribution in [3.63, 3.8) is 0 Å². The third-order valence-electron chi connectivity index (χ3n) is 4.54. The fourth-order valence-corrected chi connectivity index (χ4v) is 2.98. The molecule has 2 N–H and O–H groups in total. The number of hydrogen-bond acceptors (Lipinski definition) is 3. The zero-order valence-electron chi connectivity index (χ0n) is 16.5. The summed E-state index contributed by atoms with van der Waals surface area (Å²) in [7, 11) is 0. The van der Waals surface area contributed by atoms with Gasteiger partial charge in [-0.2, -0.15) is 0 Å².